The minimum Gasteiger partial charge on any atom is -0.466 e. The maximum Gasteiger partial charge on any atom is 0.310 e. The maximum atomic E-state index is 11.5. The Labute approximate surface area is 94.0 Å². The predicted octanol–water partition coefficient (Wildman–Crippen LogP) is 0.751. The second-order valence-corrected chi connectivity index (χ2v) is 3.71. The van der Waals surface area contributed by atoms with Crippen molar-refractivity contribution in [3.63, 3.8) is 0 Å². The third-order valence-corrected chi connectivity index (χ3v) is 2.14. The molecule has 1 atom stereocenters. The summed E-state index contributed by atoms with van der Waals surface area (Å²) < 4.78 is 6.13. The number of rotatable bonds is 4. The second-order valence-electron chi connectivity index (χ2n) is 3.71. The van der Waals surface area contributed by atoms with Crippen molar-refractivity contribution in [2.45, 2.75) is 27.3 Å². The average Bonchev–Trinajstić information content (AvgIpc) is 2.22. The number of hydrogen-bond acceptors (Lipinski definition) is 4. The summed E-state index contributed by atoms with van der Waals surface area (Å²) in [6.45, 7) is 5.86. The van der Waals surface area contributed by atoms with Gasteiger partial charge in [-0.3, -0.25) is 9.59 Å². The molecule has 0 aliphatic carbocycles. The van der Waals surface area contributed by atoms with Gasteiger partial charge in [0.05, 0.1) is 25.3 Å². The minimum atomic E-state index is -0.368. The number of esters is 1. The number of ether oxygens (including phenoxy) is 1. The van der Waals surface area contributed by atoms with E-state index in [0.29, 0.717) is 6.61 Å². The van der Waals surface area contributed by atoms with E-state index in [1.807, 2.05) is 0 Å². The Hall–Kier alpha value is -1.65. The van der Waals surface area contributed by atoms with Crippen molar-refractivity contribution in [3.8, 4) is 0 Å². The Morgan fingerprint density at radius 2 is 2.31 bits per heavy atom. The van der Waals surface area contributed by atoms with Gasteiger partial charge in [0.25, 0.3) is 5.56 Å². The molecule has 16 heavy (non-hydrogen) atoms. The molecule has 0 spiro atoms. The van der Waals surface area contributed by atoms with Crippen molar-refractivity contribution in [1.82, 2.24) is 9.78 Å². The van der Waals surface area contributed by atoms with Crippen LogP contribution in [0.3, 0.4) is 0 Å². The molecular weight excluding hydrogens is 208 g/mol. The monoisotopic (exact) mass is 224 g/mol. The topological polar surface area (TPSA) is 61.2 Å². The van der Waals surface area contributed by atoms with E-state index in [1.165, 1.54) is 10.7 Å². The van der Waals surface area contributed by atoms with Gasteiger partial charge in [0.2, 0.25) is 0 Å². The van der Waals surface area contributed by atoms with E-state index < -0.39 is 0 Å². The largest absolute Gasteiger partial charge is 0.466 e. The van der Waals surface area contributed by atoms with E-state index in [1.54, 1.807) is 27.0 Å². The molecule has 1 rings (SSSR count). The Kier molecular flexibility index (Phi) is 4.22. The number of carbonyl (C=O) groups excluding carboxylic acids is 1. The summed E-state index contributed by atoms with van der Waals surface area (Å²) in [4.78, 5) is 22.9. The zero-order valence-corrected chi connectivity index (χ0v) is 9.77. The Balaban J connectivity index is 2.73. The van der Waals surface area contributed by atoms with Crippen molar-refractivity contribution >= 4 is 5.97 Å². The summed E-state index contributed by atoms with van der Waals surface area (Å²) in [6, 6.07) is 1.49. The Bertz CT molecular complexity index is 425. The highest BCUT2D eigenvalue weighted by molar-refractivity contribution is 5.71. The highest BCUT2D eigenvalue weighted by atomic mass is 16.5. The number of nitrogens with zero attached hydrogens (tertiary/aromatic N) is 2. The van der Waals surface area contributed by atoms with Crippen LogP contribution in [0.15, 0.2) is 17.1 Å². The summed E-state index contributed by atoms with van der Waals surface area (Å²) in [6.07, 6.45) is 1.60. The lowest BCUT2D eigenvalue weighted by molar-refractivity contribution is -0.147. The number of carbonyl (C=O) groups is 1. The first-order chi connectivity index (χ1) is 7.54. The third-order valence-electron chi connectivity index (χ3n) is 2.14. The molecule has 1 aromatic rings. The lowest BCUT2D eigenvalue weighted by Crippen LogP contribution is -2.29. The van der Waals surface area contributed by atoms with Crippen molar-refractivity contribution in [2.24, 2.45) is 5.92 Å². The molecule has 0 aliphatic rings. The molecular formula is C11H16N2O3. The van der Waals surface area contributed by atoms with Gasteiger partial charge in [-0.1, -0.05) is 6.92 Å². The SMILES string of the molecule is CCOC(=O)C(C)Cn1ncc(C)cc1=O. The molecule has 0 aliphatic heterocycles. The van der Waals surface area contributed by atoms with Gasteiger partial charge in [-0.2, -0.15) is 5.10 Å². The van der Waals surface area contributed by atoms with Gasteiger partial charge >= 0.3 is 5.97 Å². The molecule has 1 unspecified atom stereocenters. The Morgan fingerprint density at radius 1 is 1.62 bits per heavy atom. The molecule has 0 N–H and O–H groups in total. The highest BCUT2D eigenvalue weighted by Gasteiger charge is 2.15. The first-order valence-corrected chi connectivity index (χ1v) is 5.25. The van der Waals surface area contributed by atoms with E-state index in [-0.39, 0.29) is 24.0 Å². The summed E-state index contributed by atoms with van der Waals surface area (Å²) >= 11 is 0. The molecule has 0 aromatic carbocycles. The fraction of sp³-hybridized carbons (Fsp3) is 0.545. The van der Waals surface area contributed by atoms with Gasteiger partial charge in [0.15, 0.2) is 0 Å². The maximum absolute atomic E-state index is 11.5. The smallest absolute Gasteiger partial charge is 0.310 e. The van der Waals surface area contributed by atoms with Crippen molar-refractivity contribution in [3.05, 3.63) is 28.2 Å². The van der Waals surface area contributed by atoms with Crippen LogP contribution in [0.5, 0.6) is 0 Å². The van der Waals surface area contributed by atoms with Crippen LogP contribution in [-0.4, -0.2) is 22.4 Å². The molecule has 0 fully saturated rings. The van der Waals surface area contributed by atoms with Crippen molar-refractivity contribution < 1.29 is 9.53 Å². The molecule has 0 saturated carbocycles. The van der Waals surface area contributed by atoms with E-state index in [9.17, 15) is 9.59 Å². The number of aryl methyl sites for hydroxylation is 1. The number of aromatic nitrogens is 2. The van der Waals surface area contributed by atoms with Crippen LogP contribution in [0.2, 0.25) is 0 Å². The predicted molar refractivity (Wildman–Crippen MR) is 59.0 cm³/mol. The first kappa shape index (κ1) is 12.4. The fourth-order valence-corrected chi connectivity index (χ4v) is 1.28. The van der Waals surface area contributed by atoms with Crippen LogP contribution in [-0.2, 0) is 16.1 Å². The van der Waals surface area contributed by atoms with Crippen molar-refractivity contribution in [1.29, 1.82) is 0 Å². The minimum absolute atomic E-state index is 0.198. The lowest BCUT2D eigenvalue weighted by Gasteiger charge is -2.11. The van der Waals surface area contributed by atoms with Crippen LogP contribution in [0, 0.1) is 12.8 Å². The average molecular weight is 224 g/mol. The number of hydrogen-bond donors (Lipinski definition) is 0. The molecule has 5 nitrogen and oxygen atoms in total. The van der Waals surface area contributed by atoms with Gasteiger partial charge in [0.1, 0.15) is 0 Å². The molecule has 0 radical (unpaired) electrons. The lowest BCUT2D eigenvalue weighted by atomic mass is 10.2. The Morgan fingerprint density at radius 3 is 2.88 bits per heavy atom. The van der Waals surface area contributed by atoms with Crippen LogP contribution in [0.4, 0.5) is 0 Å². The summed E-state index contributed by atoms with van der Waals surface area (Å²) in [5, 5.41) is 3.96. The van der Waals surface area contributed by atoms with E-state index in [4.69, 9.17) is 4.74 Å². The summed E-state index contributed by atoms with van der Waals surface area (Å²) in [7, 11) is 0. The molecule has 5 heteroatoms. The van der Waals surface area contributed by atoms with Gasteiger partial charge in [-0.05, 0) is 19.4 Å². The van der Waals surface area contributed by atoms with E-state index in [2.05, 4.69) is 5.10 Å². The van der Waals surface area contributed by atoms with Crippen LogP contribution >= 0.6 is 0 Å². The molecule has 0 saturated heterocycles. The summed E-state index contributed by atoms with van der Waals surface area (Å²) in [5.74, 6) is -0.676. The van der Waals surface area contributed by atoms with Crippen molar-refractivity contribution in [2.75, 3.05) is 6.61 Å². The van der Waals surface area contributed by atoms with Crippen LogP contribution in [0.1, 0.15) is 19.4 Å². The van der Waals surface area contributed by atoms with Gasteiger partial charge in [-0.25, -0.2) is 4.68 Å². The second kappa shape index (κ2) is 5.44. The standard InChI is InChI=1S/C11H16N2O3/c1-4-16-11(15)9(3)7-13-10(14)5-8(2)6-12-13/h5-6,9H,4,7H2,1-3H3. The normalized spacial score (nSPS) is 12.2. The summed E-state index contributed by atoms with van der Waals surface area (Å²) in [5.41, 5.74) is 0.612. The highest BCUT2D eigenvalue weighted by Crippen LogP contribution is 2.01. The van der Waals surface area contributed by atoms with Crippen LogP contribution in [0.25, 0.3) is 0 Å². The third kappa shape index (κ3) is 3.18. The zero-order valence-electron chi connectivity index (χ0n) is 9.77. The van der Waals surface area contributed by atoms with E-state index in [0.717, 1.165) is 5.56 Å². The van der Waals surface area contributed by atoms with Crippen LogP contribution < -0.4 is 5.56 Å². The zero-order chi connectivity index (χ0) is 12.1. The fourth-order valence-electron chi connectivity index (χ4n) is 1.28. The van der Waals surface area contributed by atoms with Gasteiger partial charge in [-0.15, -0.1) is 0 Å². The van der Waals surface area contributed by atoms with E-state index >= 15 is 0 Å². The molecule has 1 heterocycles. The van der Waals surface area contributed by atoms with Gasteiger partial charge in [0, 0.05) is 6.07 Å². The molecule has 0 amide bonds. The molecule has 88 valence electrons. The molecule has 1 aromatic heterocycles. The molecule has 0 bridgehead atoms. The quantitative estimate of drug-likeness (QED) is 0.708. The van der Waals surface area contributed by atoms with Gasteiger partial charge < -0.3 is 4.74 Å². The first-order valence-electron chi connectivity index (χ1n) is 5.25.